The Morgan fingerprint density at radius 2 is 2.10 bits per heavy atom. The SMILES string of the molecule is CCCCNCc1c2c(nc3c(Cl)cccc13)CCCC2. The van der Waals surface area contributed by atoms with Gasteiger partial charge in [-0.05, 0) is 55.8 Å². The third kappa shape index (κ3) is 3.07. The molecule has 0 saturated carbocycles. The fourth-order valence-corrected chi connectivity index (χ4v) is 3.44. The predicted molar refractivity (Wildman–Crippen MR) is 90.0 cm³/mol. The highest BCUT2D eigenvalue weighted by atomic mass is 35.5. The van der Waals surface area contributed by atoms with E-state index in [0.29, 0.717) is 0 Å². The number of aromatic nitrogens is 1. The van der Waals surface area contributed by atoms with Gasteiger partial charge in [0.2, 0.25) is 0 Å². The van der Waals surface area contributed by atoms with Gasteiger partial charge in [0.15, 0.2) is 0 Å². The van der Waals surface area contributed by atoms with Gasteiger partial charge in [-0.25, -0.2) is 0 Å². The predicted octanol–water partition coefficient (Wildman–Crippen LogP) is 4.66. The average molecular weight is 303 g/mol. The molecular formula is C18H23ClN2. The lowest BCUT2D eigenvalue weighted by atomic mass is 9.90. The van der Waals surface area contributed by atoms with Gasteiger partial charge in [-0.2, -0.15) is 0 Å². The van der Waals surface area contributed by atoms with E-state index in [9.17, 15) is 0 Å². The number of halogens is 1. The van der Waals surface area contributed by atoms with Crippen LogP contribution in [-0.4, -0.2) is 11.5 Å². The summed E-state index contributed by atoms with van der Waals surface area (Å²) in [6.07, 6.45) is 7.25. The maximum Gasteiger partial charge on any atom is 0.0894 e. The number of nitrogens with zero attached hydrogens (tertiary/aromatic N) is 1. The molecule has 0 atom stereocenters. The summed E-state index contributed by atoms with van der Waals surface area (Å²) in [7, 11) is 0. The first-order valence-corrected chi connectivity index (χ1v) is 8.48. The van der Waals surface area contributed by atoms with Crippen LogP contribution in [0.25, 0.3) is 10.9 Å². The van der Waals surface area contributed by atoms with Crippen LogP contribution >= 0.6 is 11.6 Å². The lowest BCUT2D eigenvalue weighted by molar-refractivity contribution is 0.624. The summed E-state index contributed by atoms with van der Waals surface area (Å²) in [5.41, 5.74) is 5.15. The number of hydrogen-bond donors (Lipinski definition) is 1. The number of fused-ring (bicyclic) bond motifs is 2. The highest BCUT2D eigenvalue weighted by Crippen LogP contribution is 2.32. The topological polar surface area (TPSA) is 24.9 Å². The summed E-state index contributed by atoms with van der Waals surface area (Å²) < 4.78 is 0. The van der Waals surface area contributed by atoms with Gasteiger partial charge in [-0.15, -0.1) is 0 Å². The second-order valence-electron chi connectivity index (χ2n) is 5.89. The van der Waals surface area contributed by atoms with E-state index >= 15 is 0 Å². The highest BCUT2D eigenvalue weighted by molar-refractivity contribution is 6.35. The van der Waals surface area contributed by atoms with E-state index in [0.717, 1.165) is 36.5 Å². The summed E-state index contributed by atoms with van der Waals surface area (Å²) in [4.78, 5) is 4.86. The fraction of sp³-hybridized carbons (Fsp3) is 0.500. The van der Waals surface area contributed by atoms with Gasteiger partial charge in [0.05, 0.1) is 10.5 Å². The zero-order valence-corrected chi connectivity index (χ0v) is 13.5. The Morgan fingerprint density at radius 3 is 2.95 bits per heavy atom. The van der Waals surface area contributed by atoms with Crippen molar-refractivity contribution in [2.24, 2.45) is 0 Å². The Balaban J connectivity index is 2.03. The minimum absolute atomic E-state index is 0.774. The molecule has 2 nitrogen and oxygen atoms in total. The zero-order valence-electron chi connectivity index (χ0n) is 12.7. The zero-order chi connectivity index (χ0) is 14.7. The smallest absolute Gasteiger partial charge is 0.0894 e. The van der Waals surface area contributed by atoms with Gasteiger partial charge in [-0.1, -0.05) is 37.1 Å². The van der Waals surface area contributed by atoms with Crippen molar-refractivity contribution < 1.29 is 0 Å². The van der Waals surface area contributed by atoms with Crippen LogP contribution in [0.4, 0.5) is 0 Å². The molecule has 112 valence electrons. The number of rotatable bonds is 5. The molecule has 0 bridgehead atoms. The van der Waals surface area contributed by atoms with Gasteiger partial charge in [0, 0.05) is 17.6 Å². The molecule has 0 fully saturated rings. The van der Waals surface area contributed by atoms with E-state index in [2.05, 4.69) is 18.3 Å². The highest BCUT2D eigenvalue weighted by Gasteiger charge is 2.18. The summed E-state index contributed by atoms with van der Waals surface area (Å²) in [6.45, 7) is 4.24. The summed E-state index contributed by atoms with van der Waals surface area (Å²) in [5.74, 6) is 0. The molecule has 0 amide bonds. The van der Waals surface area contributed by atoms with Crippen LogP contribution in [0.3, 0.4) is 0 Å². The van der Waals surface area contributed by atoms with Crippen LogP contribution in [0.2, 0.25) is 5.02 Å². The Morgan fingerprint density at radius 1 is 1.24 bits per heavy atom. The molecule has 0 aliphatic heterocycles. The third-order valence-corrected chi connectivity index (χ3v) is 4.68. The van der Waals surface area contributed by atoms with Crippen LogP contribution in [0, 0.1) is 0 Å². The molecule has 1 heterocycles. The van der Waals surface area contributed by atoms with Crippen LogP contribution in [0.1, 0.15) is 49.4 Å². The lowest BCUT2D eigenvalue weighted by Gasteiger charge is -2.21. The molecule has 1 N–H and O–H groups in total. The van der Waals surface area contributed by atoms with Gasteiger partial charge < -0.3 is 5.32 Å². The second-order valence-corrected chi connectivity index (χ2v) is 6.30. The van der Waals surface area contributed by atoms with Crippen molar-refractivity contribution in [1.29, 1.82) is 0 Å². The standard InChI is InChI=1S/C18H23ClN2/c1-2-3-11-20-12-15-13-7-4-5-10-17(13)21-18-14(15)8-6-9-16(18)19/h6,8-9,20H,2-5,7,10-12H2,1H3. The molecule has 1 aliphatic carbocycles. The van der Waals surface area contributed by atoms with Gasteiger partial charge in [0.25, 0.3) is 0 Å². The second kappa shape index (κ2) is 6.76. The van der Waals surface area contributed by atoms with Crippen molar-refractivity contribution >= 4 is 22.5 Å². The fourth-order valence-electron chi connectivity index (χ4n) is 3.22. The molecule has 0 radical (unpaired) electrons. The van der Waals surface area contributed by atoms with E-state index in [1.165, 1.54) is 47.9 Å². The normalized spacial score (nSPS) is 14.4. The van der Waals surface area contributed by atoms with E-state index < -0.39 is 0 Å². The average Bonchev–Trinajstić information content (AvgIpc) is 2.51. The van der Waals surface area contributed by atoms with Crippen molar-refractivity contribution in [3.63, 3.8) is 0 Å². The van der Waals surface area contributed by atoms with Crippen molar-refractivity contribution in [1.82, 2.24) is 10.3 Å². The minimum atomic E-state index is 0.774. The molecule has 1 aromatic carbocycles. The van der Waals surface area contributed by atoms with Crippen molar-refractivity contribution in [3.8, 4) is 0 Å². The lowest BCUT2D eigenvalue weighted by Crippen LogP contribution is -2.18. The molecule has 1 aliphatic rings. The number of unbranched alkanes of at least 4 members (excludes halogenated alkanes) is 1. The van der Waals surface area contributed by atoms with Crippen molar-refractivity contribution in [3.05, 3.63) is 40.0 Å². The van der Waals surface area contributed by atoms with Crippen LogP contribution in [-0.2, 0) is 19.4 Å². The number of aryl methyl sites for hydroxylation is 1. The molecule has 0 unspecified atom stereocenters. The Bertz CT molecular complexity index is 637. The number of para-hydroxylation sites is 1. The van der Waals surface area contributed by atoms with E-state index in [-0.39, 0.29) is 0 Å². The summed E-state index contributed by atoms with van der Waals surface area (Å²) in [5, 5.41) is 5.60. The van der Waals surface area contributed by atoms with Crippen molar-refractivity contribution in [2.45, 2.75) is 52.0 Å². The molecule has 1 aromatic heterocycles. The van der Waals surface area contributed by atoms with E-state index in [1.807, 2.05) is 12.1 Å². The van der Waals surface area contributed by atoms with E-state index in [4.69, 9.17) is 16.6 Å². The summed E-state index contributed by atoms with van der Waals surface area (Å²) in [6, 6.07) is 6.15. The van der Waals surface area contributed by atoms with Crippen molar-refractivity contribution in [2.75, 3.05) is 6.54 Å². The van der Waals surface area contributed by atoms with Crippen LogP contribution in [0.5, 0.6) is 0 Å². The Labute approximate surface area is 131 Å². The molecular weight excluding hydrogens is 280 g/mol. The maximum atomic E-state index is 6.37. The maximum absolute atomic E-state index is 6.37. The minimum Gasteiger partial charge on any atom is -0.313 e. The monoisotopic (exact) mass is 302 g/mol. The Hall–Kier alpha value is -1.12. The largest absolute Gasteiger partial charge is 0.313 e. The van der Waals surface area contributed by atoms with Gasteiger partial charge >= 0.3 is 0 Å². The van der Waals surface area contributed by atoms with Crippen LogP contribution in [0.15, 0.2) is 18.2 Å². The first-order chi connectivity index (χ1) is 10.3. The Kier molecular flexibility index (Phi) is 4.77. The van der Waals surface area contributed by atoms with Gasteiger partial charge in [0.1, 0.15) is 0 Å². The van der Waals surface area contributed by atoms with E-state index in [1.54, 1.807) is 0 Å². The number of nitrogens with one attached hydrogen (secondary N) is 1. The number of benzene rings is 1. The van der Waals surface area contributed by atoms with Crippen LogP contribution < -0.4 is 5.32 Å². The molecule has 0 saturated heterocycles. The molecule has 21 heavy (non-hydrogen) atoms. The molecule has 3 heteroatoms. The first kappa shape index (κ1) is 14.8. The third-order valence-electron chi connectivity index (χ3n) is 4.37. The molecule has 3 rings (SSSR count). The first-order valence-electron chi connectivity index (χ1n) is 8.11. The molecule has 2 aromatic rings. The number of hydrogen-bond acceptors (Lipinski definition) is 2. The summed E-state index contributed by atoms with van der Waals surface area (Å²) >= 11 is 6.37. The van der Waals surface area contributed by atoms with Gasteiger partial charge in [-0.3, -0.25) is 4.98 Å². The molecule has 0 spiro atoms. The quantitative estimate of drug-likeness (QED) is 0.813. The number of pyridine rings is 1.